The molecule has 6 aromatic carbocycles. The van der Waals surface area contributed by atoms with Crippen LogP contribution in [-0.2, 0) is 6.18 Å². The molecule has 0 aliphatic heterocycles. The fourth-order valence-electron chi connectivity index (χ4n) is 8.14. The molecule has 0 atom stereocenters. The van der Waals surface area contributed by atoms with Crippen molar-refractivity contribution in [3.63, 3.8) is 0 Å². The molecule has 0 saturated carbocycles. The normalized spacial score (nSPS) is 11.8. The minimum atomic E-state index is -4.49. The number of halogens is 3. The molecule has 8 nitrogen and oxygen atoms in total. The van der Waals surface area contributed by atoms with Gasteiger partial charge in [0.05, 0.1) is 51.4 Å². The van der Waals surface area contributed by atoms with E-state index in [0.717, 1.165) is 78.4 Å². The van der Waals surface area contributed by atoms with Crippen LogP contribution in [0.2, 0.25) is 0 Å². The van der Waals surface area contributed by atoms with E-state index in [2.05, 4.69) is 39.9 Å². The largest absolute Gasteiger partial charge is 0.457 e. The van der Waals surface area contributed by atoms with Crippen molar-refractivity contribution in [3.8, 4) is 57.1 Å². The van der Waals surface area contributed by atoms with Gasteiger partial charge in [0.25, 0.3) is 0 Å². The summed E-state index contributed by atoms with van der Waals surface area (Å²) >= 11 is 0. The molecule has 0 saturated heterocycles. The van der Waals surface area contributed by atoms with Crippen molar-refractivity contribution >= 4 is 43.6 Å². The maximum atomic E-state index is 13.4. The van der Waals surface area contributed by atoms with Gasteiger partial charge in [0.1, 0.15) is 34.6 Å². The van der Waals surface area contributed by atoms with E-state index in [1.54, 1.807) is 12.4 Å². The zero-order valence-corrected chi connectivity index (χ0v) is 33.5. The van der Waals surface area contributed by atoms with Gasteiger partial charge in [0.15, 0.2) is 0 Å². The summed E-state index contributed by atoms with van der Waals surface area (Å²) in [5, 5.41) is 4.11. The van der Waals surface area contributed by atoms with Crippen LogP contribution in [0.5, 0.6) is 23.0 Å². The lowest BCUT2D eigenvalue weighted by atomic mass is 10.1. The minimum absolute atomic E-state index is 0.365. The number of fused-ring (bicyclic) bond motifs is 6. The maximum absolute atomic E-state index is 13.4. The molecule has 63 heavy (non-hydrogen) atoms. The van der Waals surface area contributed by atoms with Crippen LogP contribution in [0.25, 0.3) is 77.8 Å². The summed E-state index contributed by atoms with van der Waals surface area (Å²) in [5.74, 6) is 3.68. The number of pyridine rings is 2. The summed E-state index contributed by atoms with van der Waals surface area (Å²) in [6.45, 7) is 2.03. The van der Waals surface area contributed by atoms with E-state index >= 15 is 0 Å². The molecule has 0 bridgehead atoms. The number of ether oxygens (including phenoxy) is 2. The summed E-state index contributed by atoms with van der Waals surface area (Å²) in [7, 11) is 0. The zero-order valence-electron chi connectivity index (χ0n) is 33.5. The number of para-hydroxylation sites is 2. The van der Waals surface area contributed by atoms with Crippen LogP contribution in [-0.4, -0.2) is 29.1 Å². The first kappa shape index (κ1) is 37.7. The number of benzene rings is 6. The Morgan fingerprint density at radius 2 is 0.889 bits per heavy atom. The molecule has 0 amide bonds. The van der Waals surface area contributed by atoms with E-state index in [9.17, 15) is 13.2 Å². The summed E-state index contributed by atoms with van der Waals surface area (Å²) in [6.07, 6.45) is 1.72. The number of hydrogen-bond acceptors (Lipinski definition) is 6. The van der Waals surface area contributed by atoms with Gasteiger partial charge in [0, 0.05) is 57.2 Å². The molecular formula is C52H33F3N6O2. The first-order valence-electron chi connectivity index (χ1n) is 20.2. The average Bonchev–Trinajstić information content (AvgIpc) is 3.81. The molecule has 5 heterocycles. The summed E-state index contributed by atoms with van der Waals surface area (Å²) in [5.41, 5.74) is 6.91. The molecule has 11 aromatic rings. The quantitative estimate of drug-likeness (QED) is 0.152. The smallest absolute Gasteiger partial charge is 0.417 e. The van der Waals surface area contributed by atoms with E-state index in [4.69, 9.17) is 24.4 Å². The van der Waals surface area contributed by atoms with E-state index in [1.807, 2.05) is 133 Å². The number of rotatable bonds is 8. The van der Waals surface area contributed by atoms with Crippen LogP contribution >= 0.6 is 0 Å². The molecule has 0 radical (unpaired) electrons. The number of nitrogens with zero attached hydrogens (tertiary/aromatic N) is 6. The summed E-state index contributed by atoms with van der Waals surface area (Å²) in [6, 6.07) is 49.7. The average molecular weight is 831 g/mol. The molecule has 11 rings (SSSR count). The van der Waals surface area contributed by atoms with Gasteiger partial charge in [-0.2, -0.15) is 13.2 Å². The van der Waals surface area contributed by atoms with E-state index in [1.165, 1.54) is 6.07 Å². The molecule has 304 valence electrons. The van der Waals surface area contributed by atoms with Crippen LogP contribution < -0.4 is 9.47 Å². The second kappa shape index (κ2) is 15.0. The lowest BCUT2D eigenvalue weighted by Crippen LogP contribution is -2.06. The molecule has 0 unspecified atom stereocenters. The Kier molecular flexibility index (Phi) is 8.97. The van der Waals surface area contributed by atoms with Crippen LogP contribution in [0.1, 0.15) is 11.1 Å². The zero-order chi connectivity index (χ0) is 42.7. The third kappa shape index (κ3) is 6.95. The van der Waals surface area contributed by atoms with Gasteiger partial charge in [-0.25, -0.2) is 9.97 Å². The van der Waals surface area contributed by atoms with Gasteiger partial charge in [-0.3, -0.25) is 19.1 Å². The second-order valence-corrected chi connectivity index (χ2v) is 15.2. The second-order valence-electron chi connectivity index (χ2n) is 15.2. The predicted molar refractivity (Wildman–Crippen MR) is 240 cm³/mol. The van der Waals surface area contributed by atoms with Gasteiger partial charge in [0.2, 0.25) is 0 Å². The Morgan fingerprint density at radius 1 is 0.413 bits per heavy atom. The van der Waals surface area contributed by atoms with E-state index < -0.39 is 11.7 Å². The lowest BCUT2D eigenvalue weighted by Gasteiger charge is -2.11. The Bertz CT molecular complexity index is 3510. The van der Waals surface area contributed by atoms with Gasteiger partial charge in [-0.05, 0) is 91.3 Å². The summed E-state index contributed by atoms with van der Waals surface area (Å²) in [4.78, 5) is 18.5. The van der Waals surface area contributed by atoms with Crippen molar-refractivity contribution in [2.24, 2.45) is 0 Å². The molecule has 0 N–H and O–H groups in total. The Morgan fingerprint density at radius 3 is 1.35 bits per heavy atom. The third-order valence-electron chi connectivity index (χ3n) is 11.1. The van der Waals surface area contributed by atoms with Crippen molar-refractivity contribution < 1.29 is 22.6 Å². The lowest BCUT2D eigenvalue weighted by molar-refractivity contribution is -0.137. The number of aryl methyl sites for hydroxylation is 1. The predicted octanol–water partition coefficient (Wildman–Crippen LogP) is 13.7. The van der Waals surface area contributed by atoms with Crippen molar-refractivity contribution in [3.05, 3.63) is 194 Å². The number of alkyl halides is 3. The van der Waals surface area contributed by atoms with Gasteiger partial charge < -0.3 is 9.47 Å². The van der Waals surface area contributed by atoms with E-state index in [0.29, 0.717) is 40.2 Å². The van der Waals surface area contributed by atoms with Crippen molar-refractivity contribution in [1.82, 2.24) is 29.1 Å². The minimum Gasteiger partial charge on any atom is -0.457 e. The van der Waals surface area contributed by atoms with Gasteiger partial charge in [-0.1, -0.05) is 66.7 Å². The molecule has 0 aliphatic carbocycles. The molecule has 0 fully saturated rings. The van der Waals surface area contributed by atoms with Crippen molar-refractivity contribution in [2.75, 3.05) is 0 Å². The van der Waals surface area contributed by atoms with Crippen LogP contribution in [0, 0.1) is 6.92 Å². The highest BCUT2D eigenvalue weighted by atomic mass is 19.4. The van der Waals surface area contributed by atoms with Crippen LogP contribution in [0.3, 0.4) is 0 Å². The Labute approximate surface area is 358 Å². The fourth-order valence-corrected chi connectivity index (χ4v) is 8.14. The topological polar surface area (TPSA) is 79.9 Å². The number of hydrogen-bond donors (Lipinski definition) is 0. The Balaban J connectivity index is 0.843. The molecule has 11 heteroatoms. The van der Waals surface area contributed by atoms with E-state index in [-0.39, 0.29) is 0 Å². The van der Waals surface area contributed by atoms with Crippen molar-refractivity contribution in [1.29, 1.82) is 0 Å². The molecule has 0 spiro atoms. The molecule has 0 aliphatic rings. The molecular weight excluding hydrogens is 798 g/mol. The van der Waals surface area contributed by atoms with Crippen LogP contribution in [0.4, 0.5) is 13.2 Å². The fraction of sp³-hybridized carbons (Fsp3) is 0.0385. The first-order chi connectivity index (χ1) is 30.7. The SMILES string of the molecule is Cc1ccc(-n2c3ccccc3c3ccc(Oc4cccc(-c5cnc(-c6cccc(Oc7ccc8c9ccccc9n(-c9ccc(C(F)(F)F)cn9)c8c7)c6)cn5)c4)cc32)nc1. The third-order valence-corrected chi connectivity index (χ3v) is 11.1. The maximum Gasteiger partial charge on any atom is 0.417 e. The Hall–Kier alpha value is -8.31. The number of aromatic nitrogens is 6. The highest BCUT2D eigenvalue weighted by molar-refractivity contribution is 6.10. The summed E-state index contributed by atoms with van der Waals surface area (Å²) < 4.78 is 56.9. The standard InChI is InChI=1S/C52H33F3N6O2/c1-32-16-22-50(58-28-32)60-46-14-4-2-12-40(46)42-20-18-38(26-48(42)60)62-36-10-6-8-33(24-36)44-30-57-45(31-56-44)34-9-7-11-37(25-34)63-39-19-21-43-41-13-3-5-15-47(41)61(49(43)27-39)51-23-17-35(29-59-51)52(53,54)55/h2-31H,1H3. The van der Waals surface area contributed by atoms with Gasteiger partial charge in [-0.15, -0.1) is 0 Å². The molecule has 5 aromatic heterocycles. The monoisotopic (exact) mass is 830 g/mol. The van der Waals surface area contributed by atoms with Gasteiger partial charge >= 0.3 is 6.18 Å². The van der Waals surface area contributed by atoms with Crippen LogP contribution in [0.15, 0.2) is 183 Å². The van der Waals surface area contributed by atoms with Crippen molar-refractivity contribution in [2.45, 2.75) is 13.1 Å². The highest BCUT2D eigenvalue weighted by Gasteiger charge is 2.31. The highest BCUT2D eigenvalue weighted by Crippen LogP contribution is 2.38. The first-order valence-corrected chi connectivity index (χ1v) is 20.2.